The van der Waals surface area contributed by atoms with E-state index in [9.17, 15) is 5.11 Å². The molecule has 0 saturated heterocycles. The Bertz CT molecular complexity index is 3140. The van der Waals surface area contributed by atoms with Crippen LogP contribution >= 0.6 is 0 Å². The average Bonchev–Trinajstić information content (AvgIpc) is 3.19. The number of pyridine rings is 2. The summed E-state index contributed by atoms with van der Waals surface area (Å²) in [7, 11) is 0. The second kappa shape index (κ2) is 13.9. The van der Waals surface area contributed by atoms with Crippen molar-refractivity contribution in [2.75, 3.05) is 0 Å². The van der Waals surface area contributed by atoms with Gasteiger partial charge in [0, 0.05) is 43.7 Å². The summed E-state index contributed by atoms with van der Waals surface area (Å²) < 4.78 is 0. The number of aromatic hydroxyl groups is 1. The minimum absolute atomic E-state index is 0. The molecule has 8 aromatic carbocycles. The molecule has 0 amide bonds. The van der Waals surface area contributed by atoms with Gasteiger partial charge in [-0.25, -0.2) is 0 Å². The van der Waals surface area contributed by atoms with Crippen LogP contribution in [0, 0.1) is 33.8 Å². The van der Waals surface area contributed by atoms with Crippen LogP contribution in [0.2, 0.25) is 0 Å². The van der Waals surface area contributed by atoms with Gasteiger partial charge in [-0.15, -0.1) is 12.1 Å². The van der Waals surface area contributed by atoms with Gasteiger partial charge in [-0.1, -0.05) is 137 Å². The summed E-state index contributed by atoms with van der Waals surface area (Å²) >= 11 is 0. The molecule has 10 rings (SSSR count). The van der Waals surface area contributed by atoms with Crippen LogP contribution in [0.15, 0.2) is 146 Å². The summed E-state index contributed by atoms with van der Waals surface area (Å²) in [5, 5.41) is 18.5. The van der Waals surface area contributed by atoms with E-state index in [0.29, 0.717) is 5.52 Å². The zero-order valence-electron chi connectivity index (χ0n) is 31.5. The topological polar surface area (TPSA) is 46.0 Å². The Labute approximate surface area is 340 Å². The molecule has 56 heavy (non-hydrogen) atoms. The number of rotatable bonds is 4. The summed E-state index contributed by atoms with van der Waals surface area (Å²) in [5.41, 5.74) is 16.4. The van der Waals surface area contributed by atoms with Gasteiger partial charge in [0.25, 0.3) is 0 Å². The predicted octanol–water partition coefficient (Wildman–Crippen LogP) is 13.6. The minimum Gasteiger partial charge on any atom is -0.506 e. The quantitative estimate of drug-likeness (QED) is 0.109. The van der Waals surface area contributed by atoms with Crippen molar-refractivity contribution >= 4 is 54.3 Å². The van der Waals surface area contributed by atoms with Gasteiger partial charge in [0.2, 0.25) is 0 Å². The number of phenols is 1. The van der Waals surface area contributed by atoms with Crippen molar-refractivity contribution in [3.8, 4) is 50.3 Å². The Morgan fingerprint density at radius 3 is 1.61 bits per heavy atom. The predicted molar refractivity (Wildman–Crippen MR) is 231 cm³/mol. The number of nitrogens with zero attached hydrogens (tertiary/aromatic N) is 2. The fourth-order valence-electron chi connectivity index (χ4n) is 8.81. The number of phenolic OH excluding ortho intramolecular Hbond substituents is 1. The fraction of sp³-hybridized carbons (Fsp3) is 0.0769. The summed E-state index contributed by atoms with van der Waals surface area (Å²) in [6, 6.07) is 53.0. The van der Waals surface area contributed by atoms with E-state index in [1.54, 1.807) is 0 Å². The van der Waals surface area contributed by atoms with Gasteiger partial charge in [0.05, 0.1) is 0 Å². The van der Waals surface area contributed by atoms with Crippen LogP contribution < -0.4 is 0 Å². The van der Waals surface area contributed by atoms with Crippen LogP contribution in [-0.4, -0.2) is 15.1 Å². The van der Waals surface area contributed by atoms with Crippen LogP contribution in [0.1, 0.15) is 22.3 Å². The zero-order chi connectivity index (χ0) is 37.4. The number of benzene rings is 8. The molecule has 0 aliphatic carbocycles. The number of fused-ring (bicyclic) bond motifs is 7. The van der Waals surface area contributed by atoms with Crippen LogP contribution in [0.5, 0.6) is 5.75 Å². The van der Waals surface area contributed by atoms with Crippen molar-refractivity contribution in [2.24, 2.45) is 0 Å². The molecule has 0 unspecified atom stereocenters. The van der Waals surface area contributed by atoms with Gasteiger partial charge in [-0.2, -0.15) is 0 Å². The molecule has 4 heteroatoms. The van der Waals surface area contributed by atoms with E-state index in [4.69, 9.17) is 9.97 Å². The van der Waals surface area contributed by atoms with Gasteiger partial charge in [0.1, 0.15) is 11.3 Å². The Morgan fingerprint density at radius 1 is 0.446 bits per heavy atom. The smallest absolute Gasteiger partial charge is 0.141 e. The Kier molecular flexibility index (Phi) is 8.79. The van der Waals surface area contributed by atoms with Gasteiger partial charge in [-0.05, 0) is 123 Å². The Hall–Kier alpha value is -6.15. The van der Waals surface area contributed by atoms with Crippen molar-refractivity contribution < 1.29 is 26.2 Å². The van der Waals surface area contributed by atoms with Gasteiger partial charge >= 0.3 is 0 Å². The third-order valence-electron chi connectivity index (χ3n) is 11.2. The molecule has 0 atom stereocenters. The number of hydrogen-bond acceptors (Lipinski definition) is 3. The molecule has 0 saturated carbocycles. The molecule has 3 nitrogen and oxygen atoms in total. The maximum absolute atomic E-state index is 11.6. The summed E-state index contributed by atoms with van der Waals surface area (Å²) in [5.74, 6) is 0.166. The summed E-state index contributed by atoms with van der Waals surface area (Å²) in [6.07, 6.45) is 1.92. The average molecular weight is 901 g/mol. The molecule has 0 radical (unpaired) electrons. The molecule has 1 N–H and O–H groups in total. The minimum atomic E-state index is 0. The normalized spacial score (nSPS) is 11.5. The van der Waals surface area contributed by atoms with E-state index >= 15 is 0 Å². The molecule has 0 spiro atoms. The maximum Gasteiger partial charge on any atom is 0.141 e. The monoisotopic (exact) mass is 900 g/mol. The molecule has 0 aliphatic heterocycles. The van der Waals surface area contributed by atoms with Gasteiger partial charge in [0.15, 0.2) is 0 Å². The first-order valence-corrected chi connectivity index (χ1v) is 18.8. The van der Waals surface area contributed by atoms with E-state index in [1.807, 2.05) is 18.3 Å². The van der Waals surface area contributed by atoms with Crippen molar-refractivity contribution in [1.29, 1.82) is 0 Å². The van der Waals surface area contributed by atoms with E-state index in [-0.39, 0.29) is 26.8 Å². The van der Waals surface area contributed by atoms with Gasteiger partial charge < -0.3 is 5.11 Å². The largest absolute Gasteiger partial charge is 0.506 e. The molecular weight excluding hydrogens is 864 g/mol. The molecule has 272 valence electrons. The Morgan fingerprint density at radius 2 is 0.982 bits per heavy atom. The zero-order valence-corrected chi connectivity index (χ0v) is 33.8. The van der Waals surface area contributed by atoms with E-state index < -0.39 is 0 Å². The van der Waals surface area contributed by atoms with Crippen LogP contribution in [-0.2, 0) is 21.1 Å². The number of aryl methyl sites for hydroxylation is 4. The van der Waals surface area contributed by atoms with E-state index in [0.717, 1.165) is 76.6 Å². The molecular formula is C52H37N2OPt-. The SMILES string of the molecule is Cc1cc(-c2ccccc2)cc(C)c1-c1cc(O)c2nc3c(ccc4cc5ccc6c(-c7c(C)cc(-c8ccccc8)cc7C)ccnc6c5[c-]c43)cc2c1.[Pt]. The van der Waals surface area contributed by atoms with Crippen LogP contribution in [0.4, 0.5) is 0 Å². The third-order valence-corrected chi connectivity index (χ3v) is 11.2. The number of hydrogen-bond donors (Lipinski definition) is 1. The van der Waals surface area contributed by atoms with Crippen molar-refractivity contribution in [3.63, 3.8) is 0 Å². The number of aromatic nitrogens is 2. The molecule has 10 aromatic rings. The third kappa shape index (κ3) is 5.86. The van der Waals surface area contributed by atoms with Crippen molar-refractivity contribution in [2.45, 2.75) is 27.7 Å². The Balaban J connectivity index is 0.00000410. The van der Waals surface area contributed by atoms with E-state index in [1.165, 1.54) is 38.9 Å². The molecule has 0 aliphatic rings. The van der Waals surface area contributed by atoms with E-state index in [2.05, 4.69) is 161 Å². The van der Waals surface area contributed by atoms with Crippen molar-refractivity contribution in [3.05, 3.63) is 174 Å². The summed E-state index contributed by atoms with van der Waals surface area (Å²) in [4.78, 5) is 10.1. The second-order valence-electron chi connectivity index (χ2n) is 14.9. The standard InChI is InChI=1S/C52H37N2O.Pt/c1-30-21-39(34-11-7-5-8-12-34)22-31(2)48(30)41-27-42-26-38-16-15-36-25-37-17-18-44-43(49-32(3)23-40(24-33(49)4)35-13-9-6-10-14-35)19-20-53-52(44)46(37)29-45(36)50(38)54-51(42)47(55)28-41;/h5-28,55H,1-4H3;/q-1;. The van der Waals surface area contributed by atoms with Crippen LogP contribution in [0.3, 0.4) is 0 Å². The first-order chi connectivity index (χ1) is 26.8. The van der Waals surface area contributed by atoms with Gasteiger partial charge in [-0.3, -0.25) is 9.97 Å². The first kappa shape index (κ1) is 35.5. The summed E-state index contributed by atoms with van der Waals surface area (Å²) in [6.45, 7) is 8.69. The molecule has 0 fully saturated rings. The molecule has 2 aromatic heterocycles. The molecule has 2 heterocycles. The maximum atomic E-state index is 11.6. The fourth-order valence-corrected chi connectivity index (χ4v) is 8.81. The molecule has 0 bridgehead atoms. The van der Waals surface area contributed by atoms with Crippen LogP contribution in [0.25, 0.3) is 98.8 Å². The second-order valence-corrected chi connectivity index (χ2v) is 14.9. The van der Waals surface area contributed by atoms with Crippen molar-refractivity contribution in [1.82, 2.24) is 9.97 Å². The first-order valence-electron chi connectivity index (χ1n) is 18.8.